The van der Waals surface area contributed by atoms with Crippen molar-refractivity contribution in [2.75, 3.05) is 63.7 Å². The van der Waals surface area contributed by atoms with Crippen LogP contribution in [-0.4, -0.2) is 81.0 Å². The molecule has 1 fully saturated rings. The quantitative estimate of drug-likeness (QED) is 0.391. The molecule has 0 spiro atoms. The van der Waals surface area contributed by atoms with E-state index >= 15 is 0 Å². The van der Waals surface area contributed by atoms with Gasteiger partial charge in [-0.2, -0.15) is 0 Å². The van der Waals surface area contributed by atoms with Gasteiger partial charge in [-0.05, 0) is 66.7 Å². The second kappa shape index (κ2) is 13.3. The normalized spacial score (nSPS) is 12.8. The molecule has 0 aliphatic carbocycles. The van der Waals surface area contributed by atoms with Crippen LogP contribution in [0.2, 0.25) is 0 Å². The predicted octanol–water partition coefficient (Wildman–Crippen LogP) is 3.93. The van der Waals surface area contributed by atoms with Crippen LogP contribution in [0.1, 0.15) is 20.7 Å². The first-order chi connectivity index (χ1) is 19.4. The molecule has 1 N–H and O–H groups in total. The van der Waals surface area contributed by atoms with Gasteiger partial charge < -0.3 is 29.5 Å². The summed E-state index contributed by atoms with van der Waals surface area (Å²) in [7, 11) is 3.14. The molecule has 3 amide bonds. The second-order valence-corrected chi connectivity index (χ2v) is 9.31. The van der Waals surface area contributed by atoms with Gasteiger partial charge in [0.25, 0.3) is 11.8 Å². The van der Waals surface area contributed by atoms with Crippen LogP contribution in [0.4, 0.5) is 11.4 Å². The predicted molar refractivity (Wildman–Crippen MR) is 155 cm³/mol. The van der Waals surface area contributed by atoms with Gasteiger partial charge in [-0.15, -0.1) is 6.58 Å². The zero-order chi connectivity index (χ0) is 28.5. The third-order valence-electron chi connectivity index (χ3n) is 6.71. The lowest BCUT2D eigenvalue weighted by Crippen LogP contribution is -2.48. The number of hydrogen-bond acceptors (Lipinski definition) is 6. The number of rotatable bonds is 10. The van der Waals surface area contributed by atoms with Crippen LogP contribution in [-0.2, 0) is 4.79 Å². The van der Waals surface area contributed by atoms with Crippen LogP contribution in [0.3, 0.4) is 0 Å². The van der Waals surface area contributed by atoms with Crippen molar-refractivity contribution in [1.29, 1.82) is 0 Å². The maximum absolute atomic E-state index is 13.0. The number of piperazine rings is 1. The number of carbonyl (C=O) groups excluding carboxylic acids is 3. The smallest absolute Gasteiger partial charge is 0.254 e. The van der Waals surface area contributed by atoms with E-state index < -0.39 is 0 Å². The van der Waals surface area contributed by atoms with E-state index in [2.05, 4.69) is 16.8 Å². The molecule has 0 atom stereocenters. The molecule has 0 aromatic heterocycles. The van der Waals surface area contributed by atoms with E-state index in [1.54, 1.807) is 61.7 Å². The highest BCUT2D eigenvalue weighted by molar-refractivity contribution is 5.99. The minimum Gasteiger partial charge on any atom is -0.497 e. The molecule has 1 aliphatic rings. The van der Waals surface area contributed by atoms with Crippen LogP contribution in [0.15, 0.2) is 85.5 Å². The number of nitrogens with one attached hydrogen (secondary N) is 1. The van der Waals surface area contributed by atoms with E-state index in [1.807, 2.05) is 29.2 Å². The lowest BCUT2D eigenvalue weighted by molar-refractivity contribution is -0.116. The molecular formula is C31H34N4O5. The van der Waals surface area contributed by atoms with Gasteiger partial charge in [0.15, 0.2) is 0 Å². The van der Waals surface area contributed by atoms with Crippen LogP contribution < -0.4 is 19.7 Å². The lowest BCUT2D eigenvalue weighted by Gasteiger charge is -2.36. The molecular weight excluding hydrogens is 508 g/mol. The number of ether oxygens (including phenoxy) is 2. The van der Waals surface area contributed by atoms with E-state index in [1.165, 1.54) is 12.0 Å². The first-order valence-electron chi connectivity index (χ1n) is 13.0. The van der Waals surface area contributed by atoms with Gasteiger partial charge in [0.1, 0.15) is 18.0 Å². The van der Waals surface area contributed by atoms with Crippen LogP contribution in [0.25, 0.3) is 0 Å². The number of carbonyl (C=O) groups is 3. The number of benzene rings is 3. The Labute approximate surface area is 234 Å². The Morgan fingerprint density at radius 1 is 0.875 bits per heavy atom. The van der Waals surface area contributed by atoms with E-state index in [-0.39, 0.29) is 30.8 Å². The van der Waals surface area contributed by atoms with Crippen molar-refractivity contribution in [1.82, 2.24) is 9.80 Å². The summed E-state index contributed by atoms with van der Waals surface area (Å²) in [6, 6.07) is 21.5. The van der Waals surface area contributed by atoms with Crippen molar-refractivity contribution in [2.45, 2.75) is 0 Å². The van der Waals surface area contributed by atoms with Gasteiger partial charge in [0, 0.05) is 55.2 Å². The second-order valence-electron chi connectivity index (χ2n) is 9.31. The standard InChI is InChI=1S/C31H34N4O5/c1-4-16-35(31(38)24-6-5-7-28(21-24)40-3)22-29(36)32-25-10-12-26(13-11-25)33-17-19-34(20-18-33)30(37)23-8-14-27(39-2)15-9-23/h4-15,21H,1,16-20,22H2,2-3H3,(H,32,36). The third kappa shape index (κ3) is 6.99. The summed E-state index contributed by atoms with van der Waals surface area (Å²) in [5.41, 5.74) is 2.72. The zero-order valence-corrected chi connectivity index (χ0v) is 22.8. The molecule has 0 bridgehead atoms. The van der Waals surface area contributed by atoms with Crippen LogP contribution >= 0.6 is 0 Å². The maximum atomic E-state index is 13.0. The molecule has 4 rings (SSSR count). The van der Waals surface area contributed by atoms with E-state index in [9.17, 15) is 14.4 Å². The summed E-state index contributed by atoms with van der Waals surface area (Å²) in [6.45, 7) is 6.46. The minimum atomic E-state index is -0.309. The molecule has 9 nitrogen and oxygen atoms in total. The fraction of sp³-hybridized carbons (Fsp3) is 0.258. The fourth-order valence-corrected chi connectivity index (χ4v) is 4.53. The summed E-state index contributed by atoms with van der Waals surface area (Å²) < 4.78 is 10.4. The SMILES string of the molecule is C=CCN(CC(=O)Nc1ccc(N2CCN(C(=O)c3ccc(OC)cc3)CC2)cc1)C(=O)c1cccc(OC)c1. The number of methoxy groups -OCH3 is 2. The van der Waals surface area contributed by atoms with Crippen LogP contribution in [0.5, 0.6) is 11.5 Å². The monoisotopic (exact) mass is 542 g/mol. The first kappa shape index (κ1) is 28.2. The van der Waals surface area contributed by atoms with Crippen molar-refractivity contribution in [3.63, 3.8) is 0 Å². The van der Waals surface area contributed by atoms with E-state index in [0.29, 0.717) is 48.7 Å². The highest BCUT2D eigenvalue weighted by atomic mass is 16.5. The first-order valence-corrected chi connectivity index (χ1v) is 13.0. The van der Waals surface area contributed by atoms with E-state index in [4.69, 9.17) is 9.47 Å². The molecule has 9 heteroatoms. The molecule has 40 heavy (non-hydrogen) atoms. The van der Waals surface area contributed by atoms with Crippen molar-refractivity contribution in [3.8, 4) is 11.5 Å². The van der Waals surface area contributed by atoms with Crippen molar-refractivity contribution < 1.29 is 23.9 Å². The molecule has 1 saturated heterocycles. The van der Waals surface area contributed by atoms with Crippen LogP contribution in [0, 0.1) is 0 Å². The molecule has 0 unspecified atom stereocenters. The van der Waals surface area contributed by atoms with Gasteiger partial charge in [-0.3, -0.25) is 14.4 Å². The van der Waals surface area contributed by atoms with Gasteiger partial charge in [0.05, 0.1) is 14.2 Å². The Morgan fingerprint density at radius 3 is 2.17 bits per heavy atom. The molecule has 0 saturated carbocycles. The minimum absolute atomic E-state index is 0.00995. The highest BCUT2D eigenvalue weighted by Crippen LogP contribution is 2.21. The summed E-state index contributed by atoms with van der Waals surface area (Å²) in [5, 5.41) is 2.87. The molecule has 1 aliphatic heterocycles. The van der Waals surface area contributed by atoms with Crippen molar-refractivity contribution in [3.05, 3.63) is 96.6 Å². The summed E-state index contributed by atoms with van der Waals surface area (Å²) in [6.07, 6.45) is 1.59. The Hall–Kier alpha value is -4.79. The Kier molecular flexibility index (Phi) is 9.40. The molecule has 208 valence electrons. The number of anilines is 2. The number of nitrogens with zero attached hydrogens (tertiary/aromatic N) is 3. The highest BCUT2D eigenvalue weighted by Gasteiger charge is 2.23. The Balaban J connectivity index is 1.30. The lowest BCUT2D eigenvalue weighted by atomic mass is 10.1. The molecule has 0 radical (unpaired) electrons. The average molecular weight is 543 g/mol. The molecule has 3 aromatic carbocycles. The van der Waals surface area contributed by atoms with Gasteiger partial charge >= 0.3 is 0 Å². The van der Waals surface area contributed by atoms with E-state index in [0.717, 1.165) is 11.4 Å². The topological polar surface area (TPSA) is 91.4 Å². The Morgan fingerprint density at radius 2 is 1.55 bits per heavy atom. The number of amides is 3. The Bertz CT molecular complexity index is 1330. The third-order valence-corrected chi connectivity index (χ3v) is 6.71. The average Bonchev–Trinajstić information content (AvgIpc) is 3.00. The fourth-order valence-electron chi connectivity index (χ4n) is 4.53. The summed E-state index contributed by atoms with van der Waals surface area (Å²) in [5.74, 6) is 0.706. The zero-order valence-electron chi connectivity index (χ0n) is 22.8. The number of hydrogen-bond donors (Lipinski definition) is 1. The van der Waals surface area contributed by atoms with Gasteiger partial charge in [0.2, 0.25) is 5.91 Å². The summed E-state index contributed by atoms with van der Waals surface area (Å²) >= 11 is 0. The van der Waals surface area contributed by atoms with Crippen molar-refractivity contribution >= 4 is 29.1 Å². The van der Waals surface area contributed by atoms with Gasteiger partial charge in [-0.1, -0.05) is 12.1 Å². The van der Waals surface area contributed by atoms with Crippen molar-refractivity contribution in [2.24, 2.45) is 0 Å². The maximum Gasteiger partial charge on any atom is 0.254 e. The van der Waals surface area contributed by atoms with Gasteiger partial charge in [-0.25, -0.2) is 0 Å². The molecule has 1 heterocycles. The molecule has 3 aromatic rings. The largest absolute Gasteiger partial charge is 0.497 e. The summed E-state index contributed by atoms with van der Waals surface area (Å²) in [4.78, 5) is 44.1.